The largest absolute Gasteiger partial charge is 0.461 e. The van der Waals surface area contributed by atoms with E-state index in [0.717, 1.165) is 11.3 Å². The van der Waals surface area contributed by atoms with Crippen molar-refractivity contribution in [2.24, 2.45) is 0 Å². The Balaban J connectivity index is 2.49. The predicted molar refractivity (Wildman–Crippen MR) is 74.0 cm³/mol. The number of nitrogens with one attached hydrogen (secondary N) is 1. The molecule has 0 aromatic carbocycles. The molecular weight excluding hydrogens is 288 g/mol. The number of amides is 1. The van der Waals surface area contributed by atoms with Gasteiger partial charge in [0, 0.05) is 34.2 Å². The minimum Gasteiger partial charge on any atom is -0.461 e. The molecule has 1 rings (SSSR count). The summed E-state index contributed by atoms with van der Waals surface area (Å²) in [6.07, 6.45) is 0. The Morgan fingerprint density at radius 2 is 2.21 bits per heavy atom. The van der Waals surface area contributed by atoms with Crippen LogP contribution in [0.15, 0.2) is 5.38 Å². The molecule has 1 atom stereocenters. The molecule has 0 spiro atoms. The van der Waals surface area contributed by atoms with Gasteiger partial charge in [0.1, 0.15) is 5.69 Å². The summed E-state index contributed by atoms with van der Waals surface area (Å²) < 4.78 is 16.0. The number of ether oxygens (including phenoxy) is 1. The Morgan fingerprint density at radius 1 is 1.47 bits per heavy atom. The van der Waals surface area contributed by atoms with Gasteiger partial charge in [0.25, 0.3) is 5.91 Å². The van der Waals surface area contributed by atoms with Gasteiger partial charge in [-0.2, -0.15) is 0 Å². The van der Waals surface area contributed by atoms with Crippen LogP contribution >= 0.6 is 11.3 Å². The van der Waals surface area contributed by atoms with Crippen molar-refractivity contribution in [3.8, 4) is 0 Å². The number of esters is 1. The Bertz CT molecular complexity index is 473. The van der Waals surface area contributed by atoms with Crippen molar-refractivity contribution in [3.05, 3.63) is 16.1 Å². The summed E-state index contributed by atoms with van der Waals surface area (Å²) in [5, 5.41) is 4.26. The Kier molecular flexibility index (Phi) is 6.65. The molecule has 0 aliphatic heterocycles. The highest BCUT2D eigenvalue weighted by Gasteiger charge is 2.16. The first-order chi connectivity index (χ1) is 9.08. The molecule has 0 aliphatic rings. The van der Waals surface area contributed by atoms with Crippen molar-refractivity contribution < 1.29 is 18.5 Å². The van der Waals surface area contributed by atoms with Gasteiger partial charge in [-0.15, -0.1) is 11.3 Å². The first-order valence-electron chi connectivity index (χ1n) is 5.84. The molecule has 6 nitrogen and oxygen atoms in total. The Hall–Kier alpha value is -1.28. The summed E-state index contributed by atoms with van der Waals surface area (Å²) in [5.41, 5.74) is 0.176. The minimum atomic E-state index is -0.911. The van der Waals surface area contributed by atoms with Crippen molar-refractivity contribution >= 4 is 34.0 Å². The van der Waals surface area contributed by atoms with E-state index in [1.807, 2.05) is 6.92 Å². The van der Waals surface area contributed by atoms with Gasteiger partial charge >= 0.3 is 5.97 Å². The summed E-state index contributed by atoms with van der Waals surface area (Å²) >= 11 is 1.06. The van der Waals surface area contributed by atoms with Crippen LogP contribution in [0.4, 0.5) is 0 Å². The topological polar surface area (TPSA) is 85.4 Å². The predicted octanol–water partition coefficient (Wildman–Crippen LogP) is 0.818. The van der Waals surface area contributed by atoms with Crippen molar-refractivity contribution in [2.45, 2.75) is 13.8 Å². The third kappa shape index (κ3) is 5.07. The average Bonchev–Trinajstić information content (AvgIpc) is 2.88. The fourth-order valence-electron chi connectivity index (χ4n) is 1.18. The van der Waals surface area contributed by atoms with E-state index in [1.54, 1.807) is 6.92 Å². The van der Waals surface area contributed by atoms with Crippen molar-refractivity contribution in [3.63, 3.8) is 0 Å². The second-order valence-corrected chi connectivity index (χ2v) is 6.17. The van der Waals surface area contributed by atoms with E-state index in [0.29, 0.717) is 18.1 Å². The Labute approximate surface area is 118 Å². The number of hydrogen-bond donors (Lipinski definition) is 1. The van der Waals surface area contributed by atoms with Crippen LogP contribution in [0, 0.1) is 0 Å². The molecule has 0 saturated carbocycles. The number of carbonyl (C=O) groups excluding carboxylic acids is 2. The molecule has 8 heteroatoms. The van der Waals surface area contributed by atoms with Crippen LogP contribution in [0.25, 0.3) is 0 Å². The standard InChI is InChI=1S/C11H16N2O4S2/c1-3-17-11(15)10-13-8(7-18-10)9(14)12-5-6-19(16)4-2/h7H,3-6H2,1-2H3,(H,12,14). The number of thiazole rings is 1. The van der Waals surface area contributed by atoms with Crippen LogP contribution in [0.2, 0.25) is 0 Å². The monoisotopic (exact) mass is 304 g/mol. The molecule has 1 aromatic heterocycles. The van der Waals surface area contributed by atoms with Crippen molar-refractivity contribution in [1.29, 1.82) is 0 Å². The molecule has 1 aromatic rings. The van der Waals surface area contributed by atoms with Crippen LogP contribution in [-0.2, 0) is 15.5 Å². The normalized spacial score (nSPS) is 11.9. The molecule has 0 saturated heterocycles. The van der Waals surface area contributed by atoms with Crippen molar-refractivity contribution in [1.82, 2.24) is 10.3 Å². The maximum Gasteiger partial charge on any atom is 0.367 e. The summed E-state index contributed by atoms with van der Waals surface area (Å²) in [6, 6.07) is 0. The van der Waals surface area contributed by atoms with Gasteiger partial charge in [-0.25, -0.2) is 9.78 Å². The highest BCUT2D eigenvalue weighted by Crippen LogP contribution is 2.10. The average molecular weight is 304 g/mol. The maximum absolute atomic E-state index is 11.7. The number of carbonyl (C=O) groups is 2. The number of hydrogen-bond acceptors (Lipinski definition) is 6. The lowest BCUT2D eigenvalue weighted by Crippen LogP contribution is -2.28. The summed E-state index contributed by atoms with van der Waals surface area (Å²) in [6.45, 7) is 4.12. The molecule has 1 amide bonds. The number of aromatic nitrogens is 1. The molecule has 1 heterocycles. The second-order valence-electron chi connectivity index (χ2n) is 3.45. The first-order valence-corrected chi connectivity index (χ1v) is 8.21. The van der Waals surface area contributed by atoms with E-state index in [2.05, 4.69) is 10.3 Å². The minimum absolute atomic E-state index is 0.157. The summed E-state index contributed by atoms with van der Waals surface area (Å²) in [4.78, 5) is 27.0. The summed E-state index contributed by atoms with van der Waals surface area (Å²) in [7, 11) is -0.911. The van der Waals surface area contributed by atoms with Crippen LogP contribution in [0.1, 0.15) is 34.1 Å². The second kappa shape index (κ2) is 8.00. The van der Waals surface area contributed by atoms with E-state index in [4.69, 9.17) is 4.74 Å². The summed E-state index contributed by atoms with van der Waals surface area (Å²) in [5.74, 6) is 0.0787. The molecule has 106 valence electrons. The zero-order valence-corrected chi connectivity index (χ0v) is 12.4. The zero-order valence-electron chi connectivity index (χ0n) is 10.8. The zero-order chi connectivity index (χ0) is 14.3. The van der Waals surface area contributed by atoms with Gasteiger partial charge < -0.3 is 10.1 Å². The van der Waals surface area contributed by atoms with Gasteiger partial charge in [0.05, 0.1) is 6.61 Å². The first kappa shape index (κ1) is 15.8. The number of nitrogens with zero attached hydrogens (tertiary/aromatic N) is 1. The smallest absolute Gasteiger partial charge is 0.367 e. The molecule has 1 unspecified atom stereocenters. The lowest BCUT2D eigenvalue weighted by Gasteiger charge is -2.01. The van der Waals surface area contributed by atoms with Gasteiger partial charge in [0.15, 0.2) is 0 Å². The quantitative estimate of drug-likeness (QED) is 0.754. The Morgan fingerprint density at radius 3 is 2.84 bits per heavy atom. The molecule has 0 aliphatic carbocycles. The maximum atomic E-state index is 11.7. The van der Waals surface area contributed by atoms with Gasteiger partial charge in [-0.3, -0.25) is 9.00 Å². The fraction of sp³-hybridized carbons (Fsp3) is 0.545. The van der Waals surface area contributed by atoms with E-state index < -0.39 is 16.8 Å². The van der Waals surface area contributed by atoms with E-state index in [1.165, 1.54) is 5.38 Å². The lowest BCUT2D eigenvalue weighted by atomic mass is 10.4. The molecule has 0 bridgehead atoms. The molecule has 1 N–H and O–H groups in total. The number of rotatable bonds is 7. The van der Waals surface area contributed by atoms with Crippen LogP contribution < -0.4 is 5.32 Å². The molecule has 0 fully saturated rings. The van der Waals surface area contributed by atoms with Gasteiger partial charge in [-0.1, -0.05) is 6.92 Å². The van der Waals surface area contributed by atoms with Crippen LogP contribution in [0.3, 0.4) is 0 Å². The van der Waals surface area contributed by atoms with Crippen LogP contribution in [0.5, 0.6) is 0 Å². The van der Waals surface area contributed by atoms with E-state index in [9.17, 15) is 13.8 Å². The highest BCUT2D eigenvalue weighted by molar-refractivity contribution is 7.84. The highest BCUT2D eigenvalue weighted by atomic mass is 32.2. The molecule has 0 radical (unpaired) electrons. The van der Waals surface area contributed by atoms with E-state index in [-0.39, 0.29) is 23.2 Å². The lowest BCUT2D eigenvalue weighted by molar-refractivity contribution is 0.0526. The van der Waals surface area contributed by atoms with Gasteiger partial charge in [-0.05, 0) is 6.92 Å². The van der Waals surface area contributed by atoms with Crippen molar-refractivity contribution in [2.75, 3.05) is 24.7 Å². The van der Waals surface area contributed by atoms with Crippen LogP contribution in [-0.4, -0.2) is 45.7 Å². The van der Waals surface area contributed by atoms with E-state index >= 15 is 0 Å². The molecular formula is C11H16N2O4S2. The fourth-order valence-corrected chi connectivity index (χ4v) is 2.49. The SMILES string of the molecule is CCOC(=O)c1nc(C(=O)NCCS(=O)CC)cs1. The molecule has 19 heavy (non-hydrogen) atoms. The third-order valence-corrected chi connectivity index (χ3v) is 4.25. The van der Waals surface area contributed by atoms with Gasteiger partial charge in [0.2, 0.25) is 5.01 Å². The third-order valence-electron chi connectivity index (χ3n) is 2.12.